The Balaban J connectivity index is 2.33. The van der Waals surface area contributed by atoms with Gasteiger partial charge in [0.15, 0.2) is 11.5 Å². The van der Waals surface area contributed by atoms with Gasteiger partial charge in [0, 0.05) is 17.5 Å². The number of halogens is 1. The highest BCUT2D eigenvalue weighted by Crippen LogP contribution is 2.31. The molecule has 96 valence electrons. The molecule has 0 bridgehead atoms. The van der Waals surface area contributed by atoms with Gasteiger partial charge in [-0.3, -0.25) is 0 Å². The Hall–Kier alpha value is -1.68. The van der Waals surface area contributed by atoms with Gasteiger partial charge in [-0.1, -0.05) is 6.92 Å². The van der Waals surface area contributed by atoms with Crippen molar-refractivity contribution < 1.29 is 14.3 Å². The van der Waals surface area contributed by atoms with Crippen LogP contribution in [0.25, 0.3) is 11.0 Å². The summed E-state index contributed by atoms with van der Waals surface area (Å²) >= 11 is 5.93. The number of hydrogen-bond acceptors (Lipinski definition) is 4. The fourth-order valence-electron chi connectivity index (χ4n) is 1.50. The van der Waals surface area contributed by atoms with Crippen molar-refractivity contribution >= 4 is 22.6 Å². The lowest BCUT2D eigenvalue weighted by molar-refractivity contribution is 0.295. The summed E-state index contributed by atoms with van der Waals surface area (Å²) in [7, 11) is 0. The topological polar surface area (TPSA) is 59.7 Å². The van der Waals surface area contributed by atoms with Crippen molar-refractivity contribution in [3.05, 3.63) is 34.7 Å². The zero-order valence-electron chi connectivity index (χ0n) is 9.85. The second-order valence-electron chi connectivity index (χ2n) is 3.93. The second kappa shape index (κ2) is 5.31. The molecule has 0 radical (unpaired) electrons. The van der Waals surface area contributed by atoms with Crippen LogP contribution in [-0.2, 0) is 0 Å². The van der Waals surface area contributed by atoms with Crippen LogP contribution in [0, 0.1) is 0 Å². The molecule has 1 atom stereocenters. The predicted molar refractivity (Wildman–Crippen MR) is 69.6 cm³/mol. The molecule has 0 spiro atoms. The molecule has 1 heterocycles. The molecule has 1 N–H and O–H groups in total. The third-order valence-corrected chi connectivity index (χ3v) is 3.00. The van der Waals surface area contributed by atoms with Crippen molar-refractivity contribution in [1.82, 2.24) is 0 Å². The number of aromatic hydroxyl groups is 1. The molecule has 1 unspecified atom stereocenters. The lowest BCUT2D eigenvalue weighted by atomic mass is 10.2. The van der Waals surface area contributed by atoms with Crippen LogP contribution in [-0.4, -0.2) is 17.1 Å². The summed E-state index contributed by atoms with van der Waals surface area (Å²) in [4.78, 5) is 11.1. The molecule has 18 heavy (non-hydrogen) atoms. The van der Waals surface area contributed by atoms with E-state index in [1.807, 2.05) is 6.92 Å². The number of ether oxygens (including phenoxy) is 1. The van der Waals surface area contributed by atoms with Gasteiger partial charge in [-0.05, 0) is 18.6 Å². The van der Waals surface area contributed by atoms with Gasteiger partial charge in [0.05, 0.1) is 5.38 Å². The van der Waals surface area contributed by atoms with E-state index < -0.39 is 5.63 Å². The zero-order valence-corrected chi connectivity index (χ0v) is 10.6. The summed E-state index contributed by atoms with van der Waals surface area (Å²) in [5.74, 6) is 0.257. The van der Waals surface area contributed by atoms with Gasteiger partial charge in [0.2, 0.25) is 0 Å². The highest BCUT2D eigenvalue weighted by atomic mass is 35.5. The minimum Gasteiger partial charge on any atom is -0.504 e. The molecule has 5 heteroatoms. The SMILES string of the molecule is CCC(Cl)COc1cc2oc(=O)ccc2cc1O. The Morgan fingerprint density at radius 2 is 2.22 bits per heavy atom. The van der Waals surface area contributed by atoms with Crippen LogP contribution in [0.15, 0.2) is 33.5 Å². The molecule has 2 aromatic rings. The van der Waals surface area contributed by atoms with Crippen LogP contribution < -0.4 is 10.4 Å². The van der Waals surface area contributed by atoms with E-state index in [-0.39, 0.29) is 23.5 Å². The lowest BCUT2D eigenvalue weighted by Crippen LogP contribution is -2.10. The van der Waals surface area contributed by atoms with Crippen LogP contribution >= 0.6 is 11.6 Å². The van der Waals surface area contributed by atoms with Crippen molar-refractivity contribution in [2.75, 3.05) is 6.61 Å². The molecular weight excluding hydrogens is 256 g/mol. The predicted octanol–water partition coefficient (Wildman–Crippen LogP) is 2.89. The van der Waals surface area contributed by atoms with Gasteiger partial charge < -0.3 is 14.3 Å². The normalized spacial score (nSPS) is 12.6. The standard InChI is InChI=1S/C13H13ClO4/c1-2-9(14)7-17-12-6-11-8(5-10(12)15)3-4-13(16)18-11/h3-6,9,15H,2,7H2,1H3. The second-order valence-corrected chi connectivity index (χ2v) is 4.55. The molecule has 0 saturated heterocycles. The summed E-state index contributed by atoms with van der Waals surface area (Å²) in [5, 5.41) is 10.3. The van der Waals surface area contributed by atoms with Crippen molar-refractivity contribution in [3.63, 3.8) is 0 Å². The van der Waals surface area contributed by atoms with E-state index in [4.69, 9.17) is 20.8 Å². The first-order valence-electron chi connectivity index (χ1n) is 5.64. The van der Waals surface area contributed by atoms with Gasteiger partial charge in [0.1, 0.15) is 12.2 Å². The molecule has 1 aromatic heterocycles. The Labute approximate surface area is 109 Å². The molecule has 0 aliphatic heterocycles. The molecular formula is C13H13ClO4. The van der Waals surface area contributed by atoms with Gasteiger partial charge in [-0.25, -0.2) is 4.79 Å². The highest BCUT2D eigenvalue weighted by molar-refractivity contribution is 6.20. The molecule has 2 rings (SSSR count). The number of benzene rings is 1. The minimum atomic E-state index is -0.442. The molecule has 0 fully saturated rings. The third kappa shape index (κ3) is 2.76. The van der Waals surface area contributed by atoms with Crippen LogP contribution in [0.1, 0.15) is 13.3 Å². The summed E-state index contributed by atoms with van der Waals surface area (Å²) < 4.78 is 10.4. The fraction of sp³-hybridized carbons (Fsp3) is 0.308. The molecule has 0 aliphatic rings. The molecule has 0 saturated carbocycles. The monoisotopic (exact) mass is 268 g/mol. The third-order valence-electron chi connectivity index (χ3n) is 2.56. The maximum Gasteiger partial charge on any atom is 0.336 e. The van der Waals surface area contributed by atoms with Crippen LogP contribution in [0.4, 0.5) is 0 Å². The van der Waals surface area contributed by atoms with Crippen LogP contribution in [0.3, 0.4) is 0 Å². The van der Waals surface area contributed by atoms with Gasteiger partial charge in [-0.2, -0.15) is 0 Å². The lowest BCUT2D eigenvalue weighted by Gasteiger charge is -2.11. The number of fused-ring (bicyclic) bond motifs is 1. The summed E-state index contributed by atoms with van der Waals surface area (Å²) in [5.41, 5.74) is -0.0687. The molecule has 4 nitrogen and oxygen atoms in total. The molecule has 0 amide bonds. The van der Waals surface area contributed by atoms with Gasteiger partial charge in [-0.15, -0.1) is 11.6 Å². The van der Waals surface area contributed by atoms with Crippen molar-refractivity contribution in [2.45, 2.75) is 18.7 Å². The van der Waals surface area contributed by atoms with E-state index in [1.54, 1.807) is 6.07 Å². The first-order chi connectivity index (χ1) is 8.60. The summed E-state index contributed by atoms with van der Waals surface area (Å²) in [6, 6.07) is 5.86. The van der Waals surface area contributed by atoms with Crippen LogP contribution in [0.2, 0.25) is 0 Å². The zero-order chi connectivity index (χ0) is 13.1. The Kier molecular flexibility index (Phi) is 3.77. The minimum absolute atomic E-state index is 0.00341. The number of phenols is 1. The Morgan fingerprint density at radius 3 is 2.94 bits per heavy atom. The average molecular weight is 269 g/mol. The maximum absolute atomic E-state index is 11.1. The van der Waals surface area contributed by atoms with Crippen LogP contribution in [0.5, 0.6) is 11.5 Å². The quantitative estimate of drug-likeness (QED) is 0.684. The number of phenolic OH excluding ortho intramolecular Hbond substituents is 1. The Bertz CT molecular complexity index is 605. The molecule has 0 aliphatic carbocycles. The maximum atomic E-state index is 11.1. The van der Waals surface area contributed by atoms with E-state index in [1.165, 1.54) is 18.2 Å². The summed E-state index contributed by atoms with van der Waals surface area (Å²) in [6.45, 7) is 2.23. The molecule has 1 aromatic carbocycles. The first kappa shape index (κ1) is 12.8. The fourth-order valence-corrected chi connectivity index (χ4v) is 1.56. The number of hydrogen-bond donors (Lipinski definition) is 1. The van der Waals surface area contributed by atoms with Crippen molar-refractivity contribution in [2.24, 2.45) is 0 Å². The number of rotatable bonds is 4. The van der Waals surface area contributed by atoms with E-state index in [0.717, 1.165) is 6.42 Å². The van der Waals surface area contributed by atoms with E-state index in [0.29, 0.717) is 11.0 Å². The van der Waals surface area contributed by atoms with Crippen molar-refractivity contribution in [1.29, 1.82) is 0 Å². The number of alkyl halides is 1. The van der Waals surface area contributed by atoms with E-state index >= 15 is 0 Å². The summed E-state index contributed by atoms with van der Waals surface area (Å²) in [6.07, 6.45) is 0.769. The first-order valence-corrected chi connectivity index (χ1v) is 6.07. The van der Waals surface area contributed by atoms with E-state index in [9.17, 15) is 9.90 Å². The smallest absolute Gasteiger partial charge is 0.336 e. The average Bonchev–Trinajstić information content (AvgIpc) is 2.36. The van der Waals surface area contributed by atoms with E-state index in [2.05, 4.69) is 0 Å². The van der Waals surface area contributed by atoms with Crippen molar-refractivity contribution in [3.8, 4) is 11.5 Å². The largest absolute Gasteiger partial charge is 0.504 e. The Morgan fingerprint density at radius 1 is 1.44 bits per heavy atom. The van der Waals surface area contributed by atoms with Gasteiger partial charge >= 0.3 is 5.63 Å². The van der Waals surface area contributed by atoms with Gasteiger partial charge in [0.25, 0.3) is 0 Å². The highest BCUT2D eigenvalue weighted by Gasteiger charge is 2.09.